The molecule has 1 atom stereocenters. The molecule has 20 heavy (non-hydrogen) atoms. The second-order valence-corrected chi connectivity index (χ2v) is 6.99. The summed E-state index contributed by atoms with van der Waals surface area (Å²) in [4.78, 5) is 1.25. The predicted molar refractivity (Wildman–Crippen MR) is 87.5 cm³/mol. The second kappa shape index (κ2) is 6.29. The van der Waals surface area contributed by atoms with E-state index in [1.54, 1.807) is 11.3 Å². The van der Waals surface area contributed by atoms with Crippen molar-refractivity contribution in [2.24, 2.45) is 0 Å². The van der Waals surface area contributed by atoms with Crippen LogP contribution in [0.2, 0.25) is 0 Å². The average Bonchev–Trinajstić information content (AvgIpc) is 2.90. The van der Waals surface area contributed by atoms with E-state index in [0.717, 1.165) is 16.6 Å². The van der Waals surface area contributed by atoms with E-state index in [2.05, 4.69) is 50.9 Å². The van der Waals surface area contributed by atoms with Crippen LogP contribution in [0.1, 0.15) is 34.9 Å². The van der Waals surface area contributed by atoms with Gasteiger partial charge in [-0.05, 0) is 65.5 Å². The smallest absolute Gasteiger partial charge is 0.123 e. The molecule has 0 spiro atoms. The topological polar surface area (TPSA) is 21.3 Å². The van der Waals surface area contributed by atoms with Crippen LogP contribution >= 0.6 is 27.3 Å². The molecule has 3 rings (SSSR count). The third-order valence-electron chi connectivity index (χ3n) is 3.80. The van der Waals surface area contributed by atoms with Gasteiger partial charge in [0.15, 0.2) is 0 Å². The molecule has 1 aromatic heterocycles. The first-order valence-electron chi connectivity index (χ1n) is 6.92. The van der Waals surface area contributed by atoms with Gasteiger partial charge in [0.2, 0.25) is 0 Å². The molecule has 0 aliphatic heterocycles. The van der Waals surface area contributed by atoms with Crippen LogP contribution in [0.4, 0.5) is 0 Å². The number of hydrogen-bond donors (Lipinski definition) is 1. The Hall–Kier alpha value is -0.840. The van der Waals surface area contributed by atoms with Crippen molar-refractivity contribution in [1.29, 1.82) is 0 Å². The third kappa shape index (κ3) is 2.92. The molecular formula is C16H18BrNOS. The van der Waals surface area contributed by atoms with E-state index >= 15 is 0 Å². The lowest BCUT2D eigenvalue weighted by Gasteiger charge is -2.26. The highest BCUT2D eigenvalue weighted by Crippen LogP contribution is 2.35. The zero-order valence-electron chi connectivity index (χ0n) is 11.5. The fourth-order valence-electron chi connectivity index (χ4n) is 2.83. The molecule has 4 heteroatoms. The maximum Gasteiger partial charge on any atom is 0.123 e. The largest absolute Gasteiger partial charge is 0.488 e. The van der Waals surface area contributed by atoms with E-state index in [9.17, 15) is 0 Å². The summed E-state index contributed by atoms with van der Waals surface area (Å²) in [7, 11) is 2.04. The summed E-state index contributed by atoms with van der Waals surface area (Å²) < 4.78 is 7.19. The van der Waals surface area contributed by atoms with Crippen LogP contribution in [0, 0.1) is 0 Å². The Morgan fingerprint density at radius 1 is 1.45 bits per heavy atom. The SMILES string of the molecule is CNC1CCCc2c(OCc3cc(Br)cs3)cccc21. The monoisotopic (exact) mass is 351 g/mol. The van der Waals surface area contributed by atoms with E-state index in [0.29, 0.717) is 12.6 Å². The number of rotatable bonds is 4. The van der Waals surface area contributed by atoms with Gasteiger partial charge in [-0.2, -0.15) is 0 Å². The quantitative estimate of drug-likeness (QED) is 0.862. The summed E-state index contributed by atoms with van der Waals surface area (Å²) in [5.74, 6) is 1.05. The number of halogens is 1. The Bertz CT molecular complexity index is 596. The van der Waals surface area contributed by atoms with Gasteiger partial charge in [0.25, 0.3) is 0 Å². The van der Waals surface area contributed by atoms with E-state index in [-0.39, 0.29) is 0 Å². The maximum absolute atomic E-state index is 6.06. The van der Waals surface area contributed by atoms with Crippen LogP contribution in [0.5, 0.6) is 5.75 Å². The summed E-state index contributed by atoms with van der Waals surface area (Å²) in [6.45, 7) is 0.650. The van der Waals surface area contributed by atoms with Crippen molar-refractivity contribution < 1.29 is 4.74 Å². The molecule has 1 aliphatic carbocycles. The molecule has 2 nitrogen and oxygen atoms in total. The number of fused-ring (bicyclic) bond motifs is 1. The summed E-state index contributed by atoms with van der Waals surface area (Å²) in [6.07, 6.45) is 3.56. The first kappa shape index (κ1) is 14.1. The van der Waals surface area contributed by atoms with Crippen LogP contribution in [0.3, 0.4) is 0 Å². The molecule has 106 valence electrons. The van der Waals surface area contributed by atoms with Gasteiger partial charge in [0.1, 0.15) is 12.4 Å². The molecule has 0 fully saturated rings. The number of benzene rings is 1. The Kier molecular flexibility index (Phi) is 4.44. The zero-order chi connectivity index (χ0) is 13.9. The van der Waals surface area contributed by atoms with Gasteiger partial charge in [-0.1, -0.05) is 12.1 Å². The van der Waals surface area contributed by atoms with Crippen LogP contribution < -0.4 is 10.1 Å². The summed E-state index contributed by atoms with van der Waals surface area (Å²) in [6, 6.07) is 9.02. The standard InChI is InChI=1S/C16H18BrNOS/c1-18-15-6-2-5-14-13(15)4-3-7-16(14)19-9-12-8-11(17)10-20-12/h3-4,7-8,10,15,18H,2,5-6,9H2,1H3. The molecule has 1 heterocycles. The van der Waals surface area contributed by atoms with Crippen molar-refractivity contribution in [2.75, 3.05) is 7.05 Å². The van der Waals surface area contributed by atoms with Crippen LogP contribution in [-0.4, -0.2) is 7.05 Å². The van der Waals surface area contributed by atoms with Crippen LogP contribution in [-0.2, 0) is 13.0 Å². The normalized spacial score (nSPS) is 17.8. The lowest BCUT2D eigenvalue weighted by molar-refractivity contribution is 0.303. The number of nitrogens with one attached hydrogen (secondary N) is 1. The molecular weight excluding hydrogens is 334 g/mol. The van der Waals surface area contributed by atoms with E-state index < -0.39 is 0 Å². The highest BCUT2D eigenvalue weighted by atomic mass is 79.9. The molecule has 1 aliphatic rings. The van der Waals surface area contributed by atoms with Gasteiger partial charge in [-0.25, -0.2) is 0 Å². The highest BCUT2D eigenvalue weighted by molar-refractivity contribution is 9.10. The summed E-state index contributed by atoms with van der Waals surface area (Å²) >= 11 is 5.21. The minimum atomic E-state index is 0.471. The van der Waals surface area contributed by atoms with Crippen LogP contribution in [0.25, 0.3) is 0 Å². The fourth-order valence-corrected chi connectivity index (χ4v) is 4.19. The fraction of sp³-hybridized carbons (Fsp3) is 0.375. The molecule has 1 unspecified atom stereocenters. The van der Waals surface area contributed by atoms with Crippen molar-refractivity contribution in [3.05, 3.63) is 50.1 Å². The van der Waals surface area contributed by atoms with Crippen molar-refractivity contribution in [1.82, 2.24) is 5.32 Å². The molecule has 0 bridgehead atoms. The number of thiophene rings is 1. The maximum atomic E-state index is 6.06. The van der Waals surface area contributed by atoms with Gasteiger partial charge in [-0.3, -0.25) is 0 Å². The van der Waals surface area contributed by atoms with Gasteiger partial charge in [0.05, 0.1) is 0 Å². The Morgan fingerprint density at radius 2 is 2.35 bits per heavy atom. The zero-order valence-corrected chi connectivity index (χ0v) is 13.9. The Balaban J connectivity index is 1.80. The van der Waals surface area contributed by atoms with Gasteiger partial charge >= 0.3 is 0 Å². The minimum Gasteiger partial charge on any atom is -0.488 e. The minimum absolute atomic E-state index is 0.471. The van der Waals surface area contributed by atoms with Gasteiger partial charge in [-0.15, -0.1) is 11.3 Å². The van der Waals surface area contributed by atoms with Gasteiger partial charge < -0.3 is 10.1 Å². The predicted octanol–water partition coefficient (Wildman–Crippen LogP) is 4.69. The Labute approximate surface area is 132 Å². The first-order chi connectivity index (χ1) is 9.78. The average molecular weight is 352 g/mol. The molecule has 0 saturated carbocycles. The van der Waals surface area contributed by atoms with Crippen molar-refractivity contribution in [2.45, 2.75) is 31.9 Å². The first-order valence-corrected chi connectivity index (χ1v) is 8.60. The molecule has 2 aromatic rings. The Morgan fingerprint density at radius 3 is 3.10 bits per heavy atom. The number of hydrogen-bond acceptors (Lipinski definition) is 3. The van der Waals surface area contributed by atoms with Crippen molar-refractivity contribution in [3.63, 3.8) is 0 Å². The molecule has 1 N–H and O–H groups in total. The molecule has 0 radical (unpaired) electrons. The van der Waals surface area contributed by atoms with E-state index in [4.69, 9.17) is 4.74 Å². The number of ether oxygens (including phenoxy) is 1. The highest BCUT2D eigenvalue weighted by Gasteiger charge is 2.21. The van der Waals surface area contributed by atoms with Gasteiger partial charge in [0, 0.05) is 20.8 Å². The van der Waals surface area contributed by atoms with Crippen molar-refractivity contribution >= 4 is 27.3 Å². The van der Waals surface area contributed by atoms with Crippen molar-refractivity contribution in [3.8, 4) is 5.75 Å². The van der Waals surface area contributed by atoms with Crippen LogP contribution in [0.15, 0.2) is 34.1 Å². The molecule has 0 amide bonds. The molecule has 0 saturated heterocycles. The van der Waals surface area contributed by atoms with E-state index in [1.807, 2.05) is 7.05 Å². The third-order valence-corrected chi connectivity index (χ3v) is 5.48. The lowest BCUT2D eigenvalue weighted by Crippen LogP contribution is -2.21. The van der Waals surface area contributed by atoms with E-state index in [1.165, 1.54) is 28.8 Å². The summed E-state index contributed by atoms with van der Waals surface area (Å²) in [5.41, 5.74) is 2.79. The lowest BCUT2D eigenvalue weighted by atomic mass is 9.87. The second-order valence-electron chi connectivity index (χ2n) is 5.08. The summed E-state index contributed by atoms with van der Waals surface area (Å²) in [5, 5.41) is 5.50. The molecule has 1 aromatic carbocycles.